The summed E-state index contributed by atoms with van der Waals surface area (Å²) in [7, 11) is 1.87. The summed E-state index contributed by atoms with van der Waals surface area (Å²) in [5.74, 6) is 1.02. The highest BCUT2D eigenvalue weighted by Gasteiger charge is 2.46. The van der Waals surface area contributed by atoms with Gasteiger partial charge in [0.25, 0.3) is 0 Å². The lowest BCUT2D eigenvalue weighted by atomic mass is 9.72. The molecule has 202 valence electrons. The van der Waals surface area contributed by atoms with Gasteiger partial charge in [-0.15, -0.1) is 0 Å². The quantitative estimate of drug-likeness (QED) is 0.400. The van der Waals surface area contributed by atoms with Crippen LogP contribution in [0.2, 0.25) is 0 Å². The smallest absolute Gasteiger partial charge is 0.217 e. The number of benzene rings is 1. The first-order valence-electron chi connectivity index (χ1n) is 13.3. The van der Waals surface area contributed by atoms with Crippen LogP contribution in [0.4, 0.5) is 10.2 Å². The topological polar surface area (TPSA) is 95.5 Å². The van der Waals surface area contributed by atoms with Crippen LogP contribution in [0.25, 0.3) is 0 Å². The molecule has 4 rings (SSSR count). The van der Waals surface area contributed by atoms with Crippen LogP contribution < -0.4 is 20.7 Å². The van der Waals surface area contributed by atoms with Gasteiger partial charge in [-0.3, -0.25) is 4.79 Å². The minimum Gasteiger partial charge on any atom is -0.483 e. The summed E-state index contributed by atoms with van der Waals surface area (Å²) < 4.78 is 19.9. The molecule has 1 fully saturated rings. The number of nitrogens with one attached hydrogen (secondary N) is 3. The Morgan fingerprint density at radius 2 is 1.97 bits per heavy atom. The van der Waals surface area contributed by atoms with Gasteiger partial charge in [0.2, 0.25) is 5.91 Å². The molecule has 7 nitrogen and oxygen atoms in total. The van der Waals surface area contributed by atoms with E-state index in [0.29, 0.717) is 6.42 Å². The summed E-state index contributed by atoms with van der Waals surface area (Å²) in [6.07, 6.45) is 4.35. The van der Waals surface area contributed by atoms with Gasteiger partial charge in [0.05, 0.1) is 12.1 Å². The van der Waals surface area contributed by atoms with Crippen molar-refractivity contribution in [3.05, 3.63) is 53.0 Å². The monoisotopic (exact) mass is 512 g/mol. The van der Waals surface area contributed by atoms with Crippen molar-refractivity contribution in [3.63, 3.8) is 0 Å². The van der Waals surface area contributed by atoms with E-state index in [1.165, 1.54) is 19.1 Å². The van der Waals surface area contributed by atoms with E-state index in [4.69, 9.17) is 9.72 Å². The van der Waals surface area contributed by atoms with E-state index in [1.807, 2.05) is 7.05 Å². The molecule has 8 heteroatoms. The van der Waals surface area contributed by atoms with Crippen LogP contribution >= 0.6 is 0 Å². The number of ether oxygens (including phenoxy) is 1. The average Bonchev–Trinajstić information content (AvgIpc) is 2.80. The highest BCUT2D eigenvalue weighted by atomic mass is 19.1. The Balaban J connectivity index is 1.56. The number of hydrogen-bond acceptors (Lipinski definition) is 6. The van der Waals surface area contributed by atoms with Crippen molar-refractivity contribution in [3.8, 4) is 5.75 Å². The molecule has 1 amide bonds. The van der Waals surface area contributed by atoms with Gasteiger partial charge in [0, 0.05) is 44.2 Å². The average molecular weight is 513 g/mol. The minimum absolute atomic E-state index is 0.0173. The van der Waals surface area contributed by atoms with Gasteiger partial charge in [0.15, 0.2) is 11.6 Å². The van der Waals surface area contributed by atoms with E-state index in [9.17, 15) is 14.3 Å². The Morgan fingerprint density at radius 1 is 1.27 bits per heavy atom. The third-order valence-electron chi connectivity index (χ3n) is 7.33. The van der Waals surface area contributed by atoms with Gasteiger partial charge in [0.1, 0.15) is 11.4 Å². The molecule has 2 heterocycles. The van der Waals surface area contributed by atoms with Gasteiger partial charge in [-0.25, -0.2) is 9.37 Å². The van der Waals surface area contributed by atoms with Crippen LogP contribution in [-0.4, -0.2) is 47.3 Å². The maximum Gasteiger partial charge on any atom is 0.217 e. The number of aliphatic hydroxyl groups is 1. The van der Waals surface area contributed by atoms with Crippen LogP contribution in [0.3, 0.4) is 0 Å². The van der Waals surface area contributed by atoms with Gasteiger partial charge in [-0.05, 0) is 61.3 Å². The van der Waals surface area contributed by atoms with Crippen molar-refractivity contribution in [2.45, 2.75) is 90.0 Å². The Labute approximate surface area is 219 Å². The Kier molecular flexibility index (Phi) is 8.09. The molecule has 37 heavy (non-hydrogen) atoms. The molecule has 0 saturated heterocycles. The minimum atomic E-state index is -0.836. The molecule has 0 radical (unpaired) electrons. The maximum absolute atomic E-state index is 13.4. The number of amides is 1. The van der Waals surface area contributed by atoms with Crippen molar-refractivity contribution < 1.29 is 19.0 Å². The van der Waals surface area contributed by atoms with Gasteiger partial charge in [-0.1, -0.05) is 32.9 Å². The largest absolute Gasteiger partial charge is 0.483 e. The lowest BCUT2D eigenvalue weighted by Gasteiger charge is -2.48. The van der Waals surface area contributed by atoms with Crippen molar-refractivity contribution in [2.24, 2.45) is 5.41 Å². The second kappa shape index (κ2) is 11.0. The molecule has 1 saturated carbocycles. The SMILES string of the molecule is CNc1nc(CC(C)(C)C)cc2c1OC1(CCC1)C[C@@H]2NC[C@H](O)[C@H](Cc1ccc(F)cc1)NC(C)=O. The van der Waals surface area contributed by atoms with E-state index in [-0.39, 0.29) is 35.3 Å². The number of carbonyl (C=O) groups excluding carboxylic acids is 1. The molecule has 2 aromatic rings. The molecular weight excluding hydrogens is 471 g/mol. The molecule has 0 unspecified atom stereocenters. The molecule has 1 aromatic heterocycles. The fourth-order valence-corrected chi connectivity index (χ4v) is 5.40. The Bertz CT molecular complexity index is 1100. The predicted octanol–water partition coefficient (Wildman–Crippen LogP) is 4.30. The summed E-state index contributed by atoms with van der Waals surface area (Å²) in [6.45, 7) is 8.32. The molecule has 1 aliphatic carbocycles. The molecule has 0 bridgehead atoms. The zero-order valence-electron chi connectivity index (χ0n) is 22.7. The highest BCUT2D eigenvalue weighted by Crippen LogP contribution is 2.51. The number of carbonyl (C=O) groups is 1. The molecule has 4 N–H and O–H groups in total. The van der Waals surface area contributed by atoms with E-state index in [1.54, 1.807) is 12.1 Å². The Hall–Kier alpha value is -2.71. The third kappa shape index (κ3) is 6.79. The van der Waals surface area contributed by atoms with Gasteiger partial charge in [-0.2, -0.15) is 0 Å². The van der Waals surface area contributed by atoms with Crippen LogP contribution in [0.1, 0.15) is 76.2 Å². The second-order valence-electron chi connectivity index (χ2n) is 11.9. The fraction of sp³-hybridized carbons (Fsp3) is 0.586. The molecule has 3 atom stereocenters. The normalized spacial score (nSPS) is 19.8. The number of fused-ring (bicyclic) bond motifs is 1. The number of aromatic nitrogens is 1. The molecule has 1 aliphatic heterocycles. The third-order valence-corrected chi connectivity index (χ3v) is 7.33. The molecule has 1 spiro atoms. The second-order valence-corrected chi connectivity index (χ2v) is 11.9. The van der Waals surface area contributed by atoms with E-state index in [0.717, 1.165) is 60.5 Å². The lowest BCUT2D eigenvalue weighted by molar-refractivity contribution is -0.120. The van der Waals surface area contributed by atoms with Crippen molar-refractivity contribution in [2.75, 3.05) is 18.9 Å². The number of halogens is 1. The summed E-state index contributed by atoms with van der Waals surface area (Å²) in [4.78, 5) is 16.8. The lowest BCUT2D eigenvalue weighted by Crippen LogP contribution is -2.52. The molecule has 2 aliphatic rings. The first-order valence-corrected chi connectivity index (χ1v) is 13.3. The summed E-state index contributed by atoms with van der Waals surface area (Å²) in [5.41, 5.74) is 2.78. The van der Waals surface area contributed by atoms with Crippen LogP contribution in [0.15, 0.2) is 30.3 Å². The van der Waals surface area contributed by atoms with Crippen molar-refractivity contribution in [1.29, 1.82) is 0 Å². The van der Waals surface area contributed by atoms with Crippen molar-refractivity contribution in [1.82, 2.24) is 15.6 Å². The number of pyridine rings is 1. The summed E-state index contributed by atoms with van der Waals surface area (Å²) in [6, 6.07) is 7.77. The molecule has 1 aromatic carbocycles. The number of aliphatic hydroxyl groups excluding tert-OH is 1. The van der Waals surface area contributed by atoms with Crippen LogP contribution in [0.5, 0.6) is 5.75 Å². The number of anilines is 1. The van der Waals surface area contributed by atoms with E-state index >= 15 is 0 Å². The van der Waals surface area contributed by atoms with E-state index in [2.05, 4.69) is 42.8 Å². The first-order chi connectivity index (χ1) is 17.5. The summed E-state index contributed by atoms with van der Waals surface area (Å²) >= 11 is 0. The van der Waals surface area contributed by atoms with Crippen LogP contribution in [0, 0.1) is 11.2 Å². The Morgan fingerprint density at radius 3 is 2.54 bits per heavy atom. The number of hydrogen-bond donors (Lipinski definition) is 4. The zero-order valence-corrected chi connectivity index (χ0v) is 22.7. The zero-order chi connectivity index (χ0) is 26.8. The van der Waals surface area contributed by atoms with E-state index < -0.39 is 12.1 Å². The van der Waals surface area contributed by atoms with Crippen molar-refractivity contribution >= 4 is 11.7 Å². The molecular formula is C29H41FN4O3. The fourth-order valence-electron chi connectivity index (χ4n) is 5.40. The first kappa shape index (κ1) is 27.3. The number of rotatable bonds is 9. The maximum atomic E-state index is 13.4. The number of nitrogens with zero attached hydrogens (tertiary/aromatic N) is 1. The van der Waals surface area contributed by atoms with Gasteiger partial charge >= 0.3 is 0 Å². The summed E-state index contributed by atoms with van der Waals surface area (Å²) in [5, 5.41) is 20.9. The standard InChI is InChI=1S/C29H41FN4O3/c1-18(35)33-23(13-19-7-9-20(30)10-8-19)25(36)17-32-24-16-29(11-6-12-29)37-26-22(24)14-21(15-28(2,3)4)34-27(26)31-5/h7-10,14,23-25,32,36H,6,11-13,15-17H2,1-5H3,(H,31,34)(H,33,35)/t23-,24-,25-/m0/s1. The van der Waals surface area contributed by atoms with Gasteiger partial charge < -0.3 is 25.8 Å². The predicted molar refractivity (Wildman–Crippen MR) is 143 cm³/mol. The highest BCUT2D eigenvalue weighted by molar-refractivity contribution is 5.73. The van der Waals surface area contributed by atoms with Crippen LogP contribution in [-0.2, 0) is 17.6 Å².